The van der Waals surface area contributed by atoms with Crippen molar-refractivity contribution in [3.8, 4) is 0 Å². The number of aromatic nitrogens is 1. The number of pyridine rings is 1. The number of carbonyl (C=O) groups excluding carboxylic acids is 1. The Labute approximate surface area is 125 Å². The Morgan fingerprint density at radius 1 is 1.36 bits per heavy atom. The van der Waals surface area contributed by atoms with Crippen molar-refractivity contribution in [1.82, 2.24) is 10.5 Å². The van der Waals surface area contributed by atoms with Gasteiger partial charge in [-0.15, -0.1) is 0 Å². The Hall–Kier alpha value is -3.00. The van der Waals surface area contributed by atoms with E-state index in [-0.39, 0.29) is 18.1 Å². The van der Waals surface area contributed by atoms with Crippen molar-refractivity contribution in [2.24, 2.45) is 4.99 Å². The molecule has 2 aromatic rings. The zero-order valence-electron chi connectivity index (χ0n) is 11.4. The normalized spacial score (nSPS) is 10.5. The van der Waals surface area contributed by atoms with Gasteiger partial charge in [0.25, 0.3) is 0 Å². The molecule has 2 rings (SSSR count). The van der Waals surface area contributed by atoms with Crippen LogP contribution in [0.1, 0.15) is 5.56 Å². The molecular weight excluding hydrogens is 291 g/mol. The molecule has 1 aromatic carbocycles. The van der Waals surface area contributed by atoms with E-state index < -0.39 is 11.9 Å². The second kappa shape index (κ2) is 7.70. The molecule has 0 unspecified atom stereocenters. The molecule has 0 saturated carbocycles. The van der Waals surface area contributed by atoms with Gasteiger partial charge in [-0.05, 0) is 11.6 Å². The molecule has 0 aliphatic carbocycles. The van der Waals surface area contributed by atoms with E-state index in [2.05, 4.69) is 15.3 Å². The summed E-state index contributed by atoms with van der Waals surface area (Å²) in [5, 5.41) is 10.6. The largest absolute Gasteiger partial charge is 0.444 e. The van der Waals surface area contributed by atoms with E-state index in [0.29, 0.717) is 0 Å². The molecule has 1 heterocycles. The molecule has 22 heavy (non-hydrogen) atoms. The summed E-state index contributed by atoms with van der Waals surface area (Å²) >= 11 is 0. The summed E-state index contributed by atoms with van der Waals surface area (Å²) in [7, 11) is 0. The third-order valence-electron chi connectivity index (χ3n) is 2.56. The number of nitrogens with one attached hydrogen (secondary N) is 2. The SMILES string of the molecule is O=C(Nc1ccnc(N=CNO)c1F)OCc1ccccc1. The van der Waals surface area contributed by atoms with Crippen LogP contribution >= 0.6 is 0 Å². The smallest absolute Gasteiger partial charge is 0.412 e. The molecular formula is C14H13FN4O3. The van der Waals surface area contributed by atoms with Gasteiger partial charge in [0.1, 0.15) is 12.9 Å². The summed E-state index contributed by atoms with van der Waals surface area (Å²) in [5.74, 6) is -1.13. The minimum Gasteiger partial charge on any atom is -0.444 e. The molecule has 0 radical (unpaired) electrons. The summed E-state index contributed by atoms with van der Waals surface area (Å²) in [6.45, 7) is 0.0683. The van der Waals surface area contributed by atoms with Gasteiger partial charge in [0, 0.05) is 6.20 Å². The van der Waals surface area contributed by atoms with Crippen LogP contribution < -0.4 is 10.8 Å². The van der Waals surface area contributed by atoms with E-state index in [4.69, 9.17) is 9.94 Å². The Kier molecular flexibility index (Phi) is 5.38. The van der Waals surface area contributed by atoms with Gasteiger partial charge < -0.3 is 4.74 Å². The first-order chi connectivity index (χ1) is 10.7. The first kappa shape index (κ1) is 15.4. The number of hydroxylamine groups is 1. The van der Waals surface area contributed by atoms with Gasteiger partial charge in [-0.3, -0.25) is 16.0 Å². The maximum Gasteiger partial charge on any atom is 0.412 e. The van der Waals surface area contributed by atoms with Gasteiger partial charge in [0.15, 0.2) is 11.6 Å². The Bertz CT molecular complexity index is 664. The van der Waals surface area contributed by atoms with E-state index in [1.54, 1.807) is 17.6 Å². The van der Waals surface area contributed by atoms with Crippen molar-refractivity contribution in [1.29, 1.82) is 0 Å². The lowest BCUT2D eigenvalue weighted by Gasteiger charge is -2.08. The third kappa shape index (κ3) is 4.25. The van der Waals surface area contributed by atoms with Crippen LogP contribution in [0.15, 0.2) is 47.6 Å². The number of carbonyl (C=O) groups is 1. The lowest BCUT2D eigenvalue weighted by molar-refractivity contribution is 0.155. The van der Waals surface area contributed by atoms with E-state index >= 15 is 0 Å². The zero-order valence-corrected chi connectivity index (χ0v) is 11.4. The van der Waals surface area contributed by atoms with Crippen molar-refractivity contribution in [3.05, 3.63) is 54.0 Å². The van der Waals surface area contributed by atoms with Gasteiger partial charge >= 0.3 is 6.09 Å². The predicted molar refractivity (Wildman–Crippen MR) is 77.5 cm³/mol. The lowest BCUT2D eigenvalue weighted by atomic mass is 10.2. The maximum absolute atomic E-state index is 14.0. The number of anilines is 1. The van der Waals surface area contributed by atoms with Gasteiger partial charge in [-0.1, -0.05) is 30.3 Å². The number of aliphatic imine (C=N–C) groups is 1. The number of rotatable bonds is 5. The highest BCUT2D eigenvalue weighted by atomic mass is 19.1. The van der Waals surface area contributed by atoms with Crippen molar-refractivity contribution in [2.75, 3.05) is 5.32 Å². The Morgan fingerprint density at radius 3 is 2.86 bits per heavy atom. The molecule has 114 valence electrons. The summed E-state index contributed by atoms with van der Waals surface area (Å²) in [4.78, 5) is 18.8. The van der Waals surface area contributed by atoms with Crippen LogP contribution in [0.3, 0.4) is 0 Å². The number of ether oxygens (including phenoxy) is 1. The number of nitrogens with zero attached hydrogens (tertiary/aromatic N) is 2. The van der Waals surface area contributed by atoms with Gasteiger partial charge in [0.2, 0.25) is 0 Å². The highest BCUT2D eigenvalue weighted by Gasteiger charge is 2.12. The number of amides is 1. The zero-order chi connectivity index (χ0) is 15.8. The first-order valence-electron chi connectivity index (χ1n) is 6.25. The van der Waals surface area contributed by atoms with E-state index in [9.17, 15) is 9.18 Å². The topological polar surface area (TPSA) is 95.8 Å². The van der Waals surface area contributed by atoms with Gasteiger partial charge in [-0.2, -0.15) is 0 Å². The summed E-state index contributed by atoms with van der Waals surface area (Å²) in [6.07, 6.45) is 1.31. The fraction of sp³-hybridized carbons (Fsp3) is 0.0714. The second-order valence-corrected chi connectivity index (χ2v) is 4.07. The van der Waals surface area contributed by atoms with Crippen molar-refractivity contribution in [3.63, 3.8) is 0 Å². The molecule has 0 bridgehead atoms. The highest BCUT2D eigenvalue weighted by Crippen LogP contribution is 2.21. The Morgan fingerprint density at radius 2 is 2.14 bits per heavy atom. The molecule has 0 spiro atoms. The molecule has 3 N–H and O–H groups in total. The van der Waals surface area contributed by atoms with Crippen LogP contribution in [0.5, 0.6) is 0 Å². The number of hydrogen-bond donors (Lipinski definition) is 3. The van der Waals surface area contributed by atoms with Crippen LogP contribution in [-0.4, -0.2) is 22.6 Å². The summed E-state index contributed by atoms with van der Waals surface area (Å²) in [6, 6.07) is 10.4. The molecule has 1 amide bonds. The maximum atomic E-state index is 14.0. The molecule has 0 fully saturated rings. The highest BCUT2D eigenvalue weighted by molar-refractivity contribution is 5.85. The van der Waals surface area contributed by atoms with Crippen LogP contribution in [-0.2, 0) is 11.3 Å². The summed E-state index contributed by atoms with van der Waals surface area (Å²) < 4.78 is 18.9. The molecule has 1 aromatic heterocycles. The third-order valence-corrected chi connectivity index (χ3v) is 2.56. The van der Waals surface area contributed by atoms with Gasteiger partial charge in [0.05, 0.1) is 5.69 Å². The minimum atomic E-state index is -0.842. The van der Waals surface area contributed by atoms with Crippen molar-refractivity contribution >= 4 is 23.9 Å². The van der Waals surface area contributed by atoms with Crippen LogP contribution in [0.4, 0.5) is 20.7 Å². The molecule has 0 aliphatic heterocycles. The van der Waals surface area contributed by atoms with Crippen LogP contribution in [0.2, 0.25) is 0 Å². The minimum absolute atomic E-state index is 0.0683. The van der Waals surface area contributed by atoms with Crippen LogP contribution in [0, 0.1) is 5.82 Å². The monoisotopic (exact) mass is 304 g/mol. The predicted octanol–water partition coefficient (Wildman–Crippen LogP) is 2.61. The van der Waals surface area contributed by atoms with Crippen molar-refractivity contribution in [2.45, 2.75) is 6.61 Å². The lowest BCUT2D eigenvalue weighted by Crippen LogP contribution is -2.14. The van der Waals surface area contributed by atoms with E-state index in [1.807, 2.05) is 18.2 Å². The van der Waals surface area contributed by atoms with Crippen molar-refractivity contribution < 1.29 is 19.1 Å². The molecule has 0 atom stereocenters. The molecule has 0 saturated heterocycles. The average molecular weight is 304 g/mol. The van der Waals surface area contributed by atoms with Gasteiger partial charge in [-0.25, -0.2) is 19.2 Å². The van der Waals surface area contributed by atoms with Crippen LogP contribution in [0.25, 0.3) is 0 Å². The quantitative estimate of drug-likeness (QED) is 0.448. The number of hydrogen-bond acceptors (Lipinski definition) is 5. The average Bonchev–Trinajstić information content (AvgIpc) is 2.55. The van der Waals surface area contributed by atoms with E-state index in [0.717, 1.165) is 11.9 Å². The molecule has 0 aliphatic rings. The van der Waals surface area contributed by atoms with E-state index in [1.165, 1.54) is 12.3 Å². The molecule has 7 nitrogen and oxygen atoms in total. The number of benzene rings is 1. The fourth-order valence-electron chi connectivity index (χ4n) is 1.58. The Balaban J connectivity index is 1.98. The first-order valence-corrected chi connectivity index (χ1v) is 6.25. The fourth-order valence-corrected chi connectivity index (χ4v) is 1.58. The standard InChI is InChI=1S/C14H13FN4O3/c15-12-11(6-7-16-13(12)17-9-18-21)19-14(20)22-8-10-4-2-1-3-5-10/h1-7,9,21H,8H2,(H2,16,17,18,19,20). The molecule has 8 heteroatoms. The second-order valence-electron chi connectivity index (χ2n) is 4.07. The summed E-state index contributed by atoms with van der Waals surface area (Å²) in [5.41, 5.74) is 2.32. The number of halogens is 1.